The Labute approximate surface area is 138 Å². The molecular weight excluding hydrogens is 288 g/mol. The summed E-state index contributed by atoms with van der Waals surface area (Å²) in [5.41, 5.74) is 2.43. The van der Waals surface area contributed by atoms with E-state index in [1.165, 1.54) is 31.2 Å². The highest BCUT2D eigenvalue weighted by molar-refractivity contribution is 5.95. The van der Waals surface area contributed by atoms with E-state index < -0.39 is 0 Å². The minimum Gasteiger partial charge on any atom is -0.375 e. The summed E-state index contributed by atoms with van der Waals surface area (Å²) in [5.74, 6) is 0.272. The molecule has 1 saturated heterocycles. The van der Waals surface area contributed by atoms with Gasteiger partial charge in [0.1, 0.15) is 0 Å². The Morgan fingerprint density at radius 3 is 3.00 bits per heavy atom. The lowest BCUT2D eigenvalue weighted by molar-refractivity contribution is -0.121. The van der Waals surface area contributed by atoms with E-state index in [4.69, 9.17) is 4.74 Å². The SMILES string of the molecule is O=C(CCN1CCOC2CCCCC21)N1CCc2ccccc21. The van der Waals surface area contributed by atoms with Crippen LogP contribution in [0.25, 0.3) is 0 Å². The lowest BCUT2D eigenvalue weighted by atomic mass is 9.90. The average Bonchev–Trinajstić information content (AvgIpc) is 3.04. The molecule has 3 aliphatic rings. The Balaban J connectivity index is 1.36. The van der Waals surface area contributed by atoms with E-state index in [1.54, 1.807) is 0 Å². The van der Waals surface area contributed by atoms with Crippen LogP contribution in [0.1, 0.15) is 37.7 Å². The van der Waals surface area contributed by atoms with Gasteiger partial charge in [-0.3, -0.25) is 9.69 Å². The molecular formula is C19H26N2O2. The molecule has 4 rings (SSSR count). The Bertz CT molecular complexity index is 572. The van der Waals surface area contributed by atoms with Gasteiger partial charge in [0, 0.05) is 37.8 Å². The molecule has 2 heterocycles. The van der Waals surface area contributed by atoms with Crippen molar-refractivity contribution in [3.63, 3.8) is 0 Å². The highest BCUT2D eigenvalue weighted by atomic mass is 16.5. The fourth-order valence-corrected chi connectivity index (χ4v) is 4.43. The molecule has 1 aromatic carbocycles. The van der Waals surface area contributed by atoms with Crippen molar-refractivity contribution in [2.24, 2.45) is 0 Å². The monoisotopic (exact) mass is 314 g/mol. The van der Waals surface area contributed by atoms with Crippen molar-refractivity contribution in [1.29, 1.82) is 0 Å². The number of para-hydroxylation sites is 1. The number of benzene rings is 1. The predicted molar refractivity (Wildman–Crippen MR) is 90.7 cm³/mol. The number of rotatable bonds is 3. The zero-order chi connectivity index (χ0) is 15.6. The largest absolute Gasteiger partial charge is 0.375 e. The zero-order valence-electron chi connectivity index (χ0n) is 13.7. The second-order valence-electron chi connectivity index (χ2n) is 6.97. The third-order valence-electron chi connectivity index (χ3n) is 5.65. The quantitative estimate of drug-likeness (QED) is 0.860. The van der Waals surface area contributed by atoms with Crippen LogP contribution in [-0.2, 0) is 16.0 Å². The van der Waals surface area contributed by atoms with Crippen LogP contribution in [0.5, 0.6) is 0 Å². The maximum Gasteiger partial charge on any atom is 0.228 e. The van der Waals surface area contributed by atoms with Gasteiger partial charge in [-0.05, 0) is 30.9 Å². The fraction of sp³-hybridized carbons (Fsp3) is 0.632. The standard InChI is InChI=1S/C19H26N2O2/c22-19(21-12-9-15-5-1-2-6-16(15)21)10-11-20-13-14-23-18-8-4-3-7-17(18)20/h1-2,5-6,17-18H,3-4,7-14H2. The molecule has 0 radical (unpaired) electrons. The molecule has 23 heavy (non-hydrogen) atoms. The number of nitrogens with zero attached hydrogens (tertiary/aromatic N) is 2. The first-order valence-corrected chi connectivity index (χ1v) is 9.07. The van der Waals surface area contributed by atoms with Gasteiger partial charge in [-0.1, -0.05) is 31.0 Å². The van der Waals surface area contributed by atoms with Crippen LogP contribution in [0, 0.1) is 0 Å². The van der Waals surface area contributed by atoms with Gasteiger partial charge in [0.2, 0.25) is 5.91 Å². The number of amides is 1. The van der Waals surface area contributed by atoms with Gasteiger partial charge < -0.3 is 9.64 Å². The predicted octanol–water partition coefficient (Wildman–Crippen LogP) is 2.61. The van der Waals surface area contributed by atoms with Crippen molar-refractivity contribution in [3.05, 3.63) is 29.8 Å². The first-order valence-electron chi connectivity index (χ1n) is 9.07. The summed E-state index contributed by atoms with van der Waals surface area (Å²) < 4.78 is 5.93. The Hall–Kier alpha value is -1.39. The molecule has 4 nitrogen and oxygen atoms in total. The van der Waals surface area contributed by atoms with Crippen LogP contribution in [0.2, 0.25) is 0 Å². The van der Waals surface area contributed by atoms with Crippen molar-refractivity contribution in [1.82, 2.24) is 4.90 Å². The van der Waals surface area contributed by atoms with Crippen LogP contribution in [0.4, 0.5) is 5.69 Å². The van der Waals surface area contributed by atoms with E-state index in [0.717, 1.165) is 38.3 Å². The summed E-state index contributed by atoms with van der Waals surface area (Å²) in [6, 6.07) is 8.84. The summed E-state index contributed by atoms with van der Waals surface area (Å²) in [7, 11) is 0. The minimum absolute atomic E-state index is 0.272. The van der Waals surface area contributed by atoms with Crippen molar-refractivity contribution >= 4 is 11.6 Å². The summed E-state index contributed by atoms with van der Waals surface area (Å²) in [4.78, 5) is 17.2. The van der Waals surface area contributed by atoms with Crippen LogP contribution < -0.4 is 4.90 Å². The highest BCUT2D eigenvalue weighted by Gasteiger charge is 2.34. The van der Waals surface area contributed by atoms with Crippen molar-refractivity contribution in [2.45, 2.75) is 50.7 Å². The number of fused-ring (bicyclic) bond motifs is 2. The van der Waals surface area contributed by atoms with Crippen LogP contribution in [-0.4, -0.2) is 49.2 Å². The zero-order valence-corrected chi connectivity index (χ0v) is 13.7. The van der Waals surface area contributed by atoms with Crippen molar-refractivity contribution in [2.75, 3.05) is 31.1 Å². The topological polar surface area (TPSA) is 32.8 Å². The third-order valence-corrected chi connectivity index (χ3v) is 5.65. The molecule has 0 N–H and O–H groups in total. The smallest absolute Gasteiger partial charge is 0.228 e. The molecule has 1 amide bonds. The number of carbonyl (C=O) groups is 1. The maximum atomic E-state index is 12.7. The fourth-order valence-electron chi connectivity index (χ4n) is 4.43. The maximum absolute atomic E-state index is 12.7. The van der Waals surface area contributed by atoms with E-state index in [1.807, 2.05) is 11.0 Å². The number of anilines is 1. The second-order valence-corrected chi connectivity index (χ2v) is 6.97. The Morgan fingerprint density at radius 1 is 1.17 bits per heavy atom. The van der Waals surface area contributed by atoms with Crippen molar-refractivity contribution in [3.8, 4) is 0 Å². The molecule has 4 heteroatoms. The molecule has 1 aliphatic carbocycles. The number of hydrogen-bond acceptors (Lipinski definition) is 3. The lowest BCUT2D eigenvalue weighted by Gasteiger charge is -2.43. The molecule has 2 aliphatic heterocycles. The van der Waals surface area contributed by atoms with E-state index in [-0.39, 0.29) is 5.91 Å². The number of ether oxygens (including phenoxy) is 1. The molecule has 124 valence electrons. The van der Waals surface area contributed by atoms with Crippen molar-refractivity contribution < 1.29 is 9.53 Å². The van der Waals surface area contributed by atoms with Gasteiger partial charge in [-0.2, -0.15) is 0 Å². The third kappa shape index (κ3) is 3.02. The van der Waals surface area contributed by atoms with Gasteiger partial charge >= 0.3 is 0 Å². The Morgan fingerprint density at radius 2 is 2.04 bits per heavy atom. The molecule has 1 saturated carbocycles. The van der Waals surface area contributed by atoms with E-state index >= 15 is 0 Å². The number of morpholine rings is 1. The van der Waals surface area contributed by atoms with E-state index in [0.29, 0.717) is 18.6 Å². The first-order chi connectivity index (χ1) is 11.3. The van der Waals surface area contributed by atoms with Crippen LogP contribution >= 0.6 is 0 Å². The number of carbonyl (C=O) groups excluding carboxylic acids is 1. The van der Waals surface area contributed by atoms with Gasteiger partial charge in [-0.25, -0.2) is 0 Å². The first kappa shape index (κ1) is 15.2. The van der Waals surface area contributed by atoms with Gasteiger partial charge in [-0.15, -0.1) is 0 Å². The van der Waals surface area contributed by atoms with Gasteiger partial charge in [0.25, 0.3) is 0 Å². The lowest BCUT2D eigenvalue weighted by Crippen LogP contribution is -2.53. The summed E-state index contributed by atoms with van der Waals surface area (Å²) in [6.45, 7) is 3.52. The normalized spacial score (nSPS) is 27.6. The summed E-state index contributed by atoms with van der Waals surface area (Å²) in [6.07, 6.45) is 7.02. The van der Waals surface area contributed by atoms with Gasteiger partial charge in [0.15, 0.2) is 0 Å². The van der Waals surface area contributed by atoms with Crippen LogP contribution in [0.15, 0.2) is 24.3 Å². The van der Waals surface area contributed by atoms with Gasteiger partial charge in [0.05, 0.1) is 12.7 Å². The molecule has 2 atom stereocenters. The molecule has 0 aromatic heterocycles. The summed E-state index contributed by atoms with van der Waals surface area (Å²) >= 11 is 0. The molecule has 0 spiro atoms. The number of hydrogen-bond donors (Lipinski definition) is 0. The highest BCUT2D eigenvalue weighted by Crippen LogP contribution is 2.30. The van der Waals surface area contributed by atoms with Crippen LogP contribution in [0.3, 0.4) is 0 Å². The molecule has 2 unspecified atom stereocenters. The molecule has 0 bridgehead atoms. The molecule has 1 aromatic rings. The second kappa shape index (κ2) is 6.62. The molecule has 2 fully saturated rings. The summed E-state index contributed by atoms with van der Waals surface area (Å²) in [5, 5.41) is 0. The average molecular weight is 314 g/mol. The minimum atomic E-state index is 0.272. The van der Waals surface area contributed by atoms with E-state index in [9.17, 15) is 4.79 Å². The van der Waals surface area contributed by atoms with E-state index in [2.05, 4.69) is 23.1 Å². The Kier molecular flexibility index (Phi) is 4.36.